The van der Waals surface area contributed by atoms with E-state index in [1.54, 1.807) is 18.2 Å². The largest absolute Gasteiger partial charge is 0.465 e. The van der Waals surface area contributed by atoms with Crippen LogP contribution in [-0.2, 0) is 9.53 Å². The third-order valence-corrected chi connectivity index (χ3v) is 8.17. The maximum atomic E-state index is 13.3. The molecule has 0 fully saturated rings. The zero-order valence-electron chi connectivity index (χ0n) is 21.6. The quantitative estimate of drug-likeness (QED) is 0.164. The van der Waals surface area contributed by atoms with Crippen molar-refractivity contribution in [1.82, 2.24) is 0 Å². The number of halogens is 1. The fourth-order valence-electron chi connectivity index (χ4n) is 3.83. The van der Waals surface area contributed by atoms with Crippen molar-refractivity contribution >= 4 is 51.6 Å². The Morgan fingerprint density at radius 3 is 2.38 bits per heavy atom. The maximum Gasteiger partial charge on any atom is 0.341 e. The average molecular weight is 563 g/mol. The van der Waals surface area contributed by atoms with Crippen LogP contribution >= 0.6 is 23.1 Å². The van der Waals surface area contributed by atoms with Crippen molar-refractivity contribution in [2.24, 2.45) is 0 Å². The Labute approximate surface area is 234 Å². The van der Waals surface area contributed by atoms with Gasteiger partial charge in [0.2, 0.25) is 5.91 Å². The Kier molecular flexibility index (Phi) is 9.16. The smallest absolute Gasteiger partial charge is 0.341 e. The first kappa shape index (κ1) is 28.1. The van der Waals surface area contributed by atoms with Gasteiger partial charge in [-0.15, -0.1) is 23.1 Å². The van der Waals surface area contributed by atoms with E-state index in [1.807, 2.05) is 49.6 Å². The van der Waals surface area contributed by atoms with Gasteiger partial charge >= 0.3 is 5.97 Å². The van der Waals surface area contributed by atoms with Crippen molar-refractivity contribution in [2.75, 3.05) is 17.7 Å². The normalized spacial score (nSPS) is 11.5. The number of esters is 1. The first-order valence-electron chi connectivity index (χ1n) is 12.2. The monoisotopic (exact) mass is 562 g/mol. The summed E-state index contributed by atoms with van der Waals surface area (Å²) in [6, 6.07) is 20.3. The molecule has 2 N–H and O–H groups in total. The molecule has 0 spiro atoms. The van der Waals surface area contributed by atoms with Gasteiger partial charge in [-0.1, -0.05) is 42.8 Å². The number of ether oxygens (including phenoxy) is 1. The number of methoxy groups -OCH3 is 1. The van der Waals surface area contributed by atoms with Crippen molar-refractivity contribution in [2.45, 2.75) is 30.4 Å². The lowest BCUT2D eigenvalue weighted by Gasteiger charge is -2.16. The SMILES string of the molecule is CCC(Sc1cccc(NC(=O)c2ccc(F)cc2)c1)C(=O)Nc1scc(-c2ccc(C)cc2)c1C(=O)OC. The van der Waals surface area contributed by atoms with E-state index in [0.717, 1.165) is 16.0 Å². The number of benzene rings is 3. The fourth-order valence-corrected chi connectivity index (χ4v) is 5.80. The van der Waals surface area contributed by atoms with Crippen LogP contribution in [0.25, 0.3) is 11.1 Å². The Hall–Kier alpha value is -3.95. The first-order valence-corrected chi connectivity index (χ1v) is 14.0. The van der Waals surface area contributed by atoms with E-state index in [-0.39, 0.29) is 11.8 Å². The predicted octanol–water partition coefficient (Wildman–Crippen LogP) is 7.41. The molecule has 200 valence electrons. The van der Waals surface area contributed by atoms with Crippen LogP contribution in [0.5, 0.6) is 0 Å². The summed E-state index contributed by atoms with van der Waals surface area (Å²) in [6.45, 7) is 3.90. The van der Waals surface area contributed by atoms with Gasteiger partial charge < -0.3 is 15.4 Å². The van der Waals surface area contributed by atoms with Gasteiger partial charge in [0.25, 0.3) is 5.91 Å². The van der Waals surface area contributed by atoms with E-state index in [9.17, 15) is 18.8 Å². The average Bonchev–Trinajstić information content (AvgIpc) is 3.35. The highest BCUT2D eigenvalue weighted by Crippen LogP contribution is 2.37. The molecule has 6 nitrogen and oxygen atoms in total. The summed E-state index contributed by atoms with van der Waals surface area (Å²) in [5.74, 6) is -1.54. The van der Waals surface area contributed by atoms with E-state index in [4.69, 9.17) is 4.74 Å². The Bertz CT molecular complexity index is 1480. The number of hydrogen-bond acceptors (Lipinski definition) is 6. The van der Waals surface area contributed by atoms with Gasteiger partial charge in [-0.2, -0.15) is 0 Å². The van der Waals surface area contributed by atoms with Gasteiger partial charge in [-0.25, -0.2) is 9.18 Å². The lowest BCUT2D eigenvalue weighted by molar-refractivity contribution is -0.115. The number of thioether (sulfide) groups is 1. The Balaban J connectivity index is 1.49. The van der Waals surface area contributed by atoms with E-state index >= 15 is 0 Å². The number of anilines is 2. The van der Waals surface area contributed by atoms with Crippen LogP contribution < -0.4 is 10.6 Å². The number of amides is 2. The molecule has 9 heteroatoms. The molecule has 0 saturated heterocycles. The molecule has 0 aliphatic carbocycles. The highest BCUT2D eigenvalue weighted by atomic mass is 32.2. The van der Waals surface area contributed by atoms with Crippen LogP contribution in [0.3, 0.4) is 0 Å². The molecule has 3 aromatic carbocycles. The molecule has 1 unspecified atom stereocenters. The van der Waals surface area contributed by atoms with Gasteiger partial charge in [0.1, 0.15) is 16.4 Å². The topological polar surface area (TPSA) is 84.5 Å². The van der Waals surface area contributed by atoms with Crippen LogP contribution in [0.4, 0.5) is 15.1 Å². The number of thiophene rings is 1. The molecular weight excluding hydrogens is 535 g/mol. The number of carbonyl (C=O) groups excluding carboxylic acids is 3. The predicted molar refractivity (Wildman–Crippen MR) is 155 cm³/mol. The standard InChI is InChI=1S/C30H27FN2O4S2/c1-4-25(39-23-7-5-6-22(16-23)32-27(34)20-12-14-21(31)15-13-20)28(35)33-29-26(30(36)37-3)24(17-38-29)19-10-8-18(2)9-11-19/h5-17,25H,4H2,1-3H3,(H,32,34)(H,33,35). The Morgan fingerprint density at radius 2 is 1.72 bits per heavy atom. The minimum Gasteiger partial charge on any atom is -0.465 e. The van der Waals surface area contributed by atoms with Crippen molar-refractivity contribution in [3.8, 4) is 11.1 Å². The highest BCUT2D eigenvalue weighted by molar-refractivity contribution is 8.00. The van der Waals surface area contributed by atoms with Gasteiger partial charge in [0.05, 0.1) is 12.4 Å². The third-order valence-electron chi connectivity index (χ3n) is 5.92. The third kappa shape index (κ3) is 6.93. The molecule has 1 heterocycles. The Morgan fingerprint density at radius 1 is 1.00 bits per heavy atom. The summed E-state index contributed by atoms with van der Waals surface area (Å²) in [5, 5.41) is 7.55. The molecule has 2 amide bonds. The molecule has 0 saturated carbocycles. The first-order chi connectivity index (χ1) is 18.8. The summed E-state index contributed by atoms with van der Waals surface area (Å²) in [4.78, 5) is 39.3. The maximum absolute atomic E-state index is 13.3. The van der Waals surface area contributed by atoms with Crippen molar-refractivity contribution in [3.05, 3.63) is 101 Å². The molecule has 1 aromatic heterocycles. The van der Waals surface area contributed by atoms with Crippen molar-refractivity contribution < 1.29 is 23.5 Å². The van der Waals surface area contributed by atoms with Crippen LogP contribution in [0, 0.1) is 12.7 Å². The highest BCUT2D eigenvalue weighted by Gasteiger charge is 2.25. The van der Waals surface area contributed by atoms with Crippen molar-refractivity contribution in [1.29, 1.82) is 0 Å². The van der Waals surface area contributed by atoms with Crippen LogP contribution in [-0.4, -0.2) is 30.1 Å². The number of nitrogens with one attached hydrogen (secondary N) is 2. The lowest BCUT2D eigenvalue weighted by atomic mass is 10.0. The number of hydrogen-bond donors (Lipinski definition) is 2. The van der Waals surface area contributed by atoms with E-state index in [1.165, 1.54) is 54.5 Å². The number of carbonyl (C=O) groups is 3. The van der Waals surface area contributed by atoms with Gasteiger partial charge in [-0.05, 0) is 61.4 Å². The summed E-state index contributed by atoms with van der Waals surface area (Å²) in [6.07, 6.45) is 0.534. The van der Waals surface area contributed by atoms with E-state index in [0.29, 0.717) is 33.8 Å². The van der Waals surface area contributed by atoms with Gasteiger partial charge in [-0.3, -0.25) is 9.59 Å². The minimum atomic E-state index is -0.521. The second-order valence-corrected chi connectivity index (χ2v) is 10.9. The van der Waals surface area contributed by atoms with E-state index < -0.39 is 17.0 Å². The summed E-state index contributed by atoms with van der Waals surface area (Å²) >= 11 is 2.63. The fraction of sp³-hybridized carbons (Fsp3) is 0.167. The second-order valence-electron chi connectivity index (χ2n) is 8.70. The van der Waals surface area contributed by atoms with E-state index in [2.05, 4.69) is 10.6 Å². The zero-order chi connectivity index (χ0) is 27.9. The number of rotatable bonds is 9. The minimum absolute atomic E-state index is 0.245. The zero-order valence-corrected chi connectivity index (χ0v) is 23.3. The van der Waals surface area contributed by atoms with Gasteiger partial charge in [0.15, 0.2) is 0 Å². The molecule has 0 aliphatic heterocycles. The summed E-state index contributed by atoms with van der Waals surface area (Å²) in [5.41, 5.74) is 3.88. The second kappa shape index (κ2) is 12.7. The van der Waals surface area contributed by atoms with Crippen LogP contribution in [0.1, 0.15) is 39.6 Å². The molecule has 0 aliphatic rings. The van der Waals surface area contributed by atoms with Crippen LogP contribution in [0.15, 0.2) is 83.1 Å². The molecular formula is C30H27FN2O4S2. The molecule has 4 rings (SSSR count). The molecule has 4 aromatic rings. The molecule has 0 bridgehead atoms. The molecule has 39 heavy (non-hydrogen) atoms. The summed E-state index contributed by atoms with van der Waals surface area (Å²) < 4.78 is 18.2. The van der Waals surface area contributed by atoms with Crippen molar-refractivity contribution in [3.63, 3.8) is 0 Å². The van der Waals surface area contributed by atoms with Gasteiger partial charge in [0, 0.05) is 27.1 Å². The van der Waals surface area contributed by atoms with Crippen LogP contribution in [0.2, 0.25) is 0 Å². The summed E-state index contributed by atoms with van der Waals surface area (Å²) in [7, 11) is 1.32. The molecule has 1 atom stereocenters. The number of aryl methyl sites for hydroxylation is 1. The molecule has 0 radical (unpaired) electrons. The lowest BCUT2D eigenvalue weighted by Crippen LogP contribution is -2.25.